The van der Waals surface area contributed by atoms with Crippen molar-refractivity contribution in [2.75, 3.05) is 4.90 Å². The van der Waals surface area contributed by atoms with Crippen molar-refractivity contribution in [3.05, 3.63) is 257 Å². The zero-order valence-corrected chi connectivity index (χ0v) is 36.0. The molecule has 308 valence electrons. The van der Waals surface area contributed by atoms with Crippen molar-refractivity contribution in [1.82, 2.24) is 0 Å². The SMILES string of the molecule is C1=CC(c2ccc(-c3ccccc3)cc2N(c2ccccc2)c2ccccc2-c2cccc3c2-c2ccccc2C32c3ccc4c(c3Oc3c2ccc2ccccc32)C=CCC4)=CCC1. The van der Waals surface area contributed by atoms with Gasteiger partial charge in [-0.15, -0.1) is 0 Å². The fourth-order valence-corrected chi connectivity index (χ4v) is 11.4. The maximum absolute atomic E-state index is 7.30. The van der Waals surface area contributed by atoms with Crippen LogP contribution in [0, 0.1) is 0 Å². The first-order valence-corrected chi connectivity index (χ1v) is 23.0. The van der Waals surface area contributed by atoms with Crippen LogP contribution in [0.3, 0.4) is 0 Å². The van der Waals surface area contributed by atoms with Crippen molar-refractivity contribution in [2.45, 2.75) is 31.1 Å². The predicted octanol–water partition coefficient (Wildman–Crippen LogP) is 16.8. The number of ether oxygens (including phenoxy) is 1. The summed E-state index contributed by atoms with van der Waals surface area (Å²) in [5, 5.41) is 2.31. The van der Waals surface area contributed by atoms with Crippen molar-refractivity contribution >= 4 is 39.5 Å². The third kappa shape index (κ3) is 5.73. The van der Waals surface area contributed by atoms with E-state index in [0.717, 1.165) is 59.6 Å². The van der Waals surface area contributed by atoms with E-state index in [1.54, 1.807) is 0 Å². The van der Waals surface area contributed by atoms with E-state index in [-0.39, 0.29) is 0 Å². The van der Waals surface area contributed by atoms with Crippen molar-refractivity contribution in [2.24, 2.45) is 0 Å². The van der Waals surface area contributed by atoms with Crippen LogP contribution >= 0.6 is 0 Å². The van der Waals surface area contributed by atoms with Crippen LogP contribution in [0.25, 0.3) is 55.8 Å². The monoisotopic (exact) mass is 831 g/mol. The number of anilines is 3. The van der Waals surface area contributed by atoms with Gasteiger partial charge in [-0.25, -0.2) is 0 Å². The standard InChI is InChI=1S/C63H45NO/c1-4-19-42(20-5-1)46-35-38-48(43-21-6-2-7-22-43)59(41-46)64(47-25-8-3-9-26-47)58-34-17-15-29-51(58)52-31-18-33-55-60(52)53-30-14-16-32-54(53)63(55)56-39-36-44-23-10-12-27-49(44)61(56)65-62-50-28-13-11-24-45(50)37-40-57(62)63/h1,3-6,8-10,12-23,25-41H,2,7,11,24H2. The summed E-state index contributed by atoms with van der Waals surface area (Å²) in [4.78, 5) is 2.50. The molecule has 0 amide bonds. The van der Waals surface area contributed by atoms with Gasteiger partial charge in [-0.3, -0.25) is 0 Å². The summed E-state index contributed by atoms with van der Waals surface area (Å²) in [7, 11) is 0. The molecule has 0 N–H and O–H groups in total. The Hall–Kier alpha value is -7.94. The van der Waals surface area contributed by atoms with E-state index in [2.05, 4.69) is 229 Å². The molecule has 0 saturated carbocycles. The molecular formula is C63H45NO. The molecule has 1 aliphatic heterocycles. The van der Waals surface area contributed by atoms with Crippen LogP contribution in [-0.4, -0.2) is 0 Å². The molecule has 2 heteroatoms. The second-order valence-electron chi connectivity index (χ2n) is 17.7. The highest BCUT2D eigenvalue weighted by Crippen LogP contribution is 2.65. The first kappa shape index (κ1) is 37.6. The smallest absolute Gasteiger partial charge is 0.140 e. The molecule has 0 saturated heterocycles. The molecule has 2 nitrogen and oxygen atoms in total. The van der Waals surface area contributed by atoms with Crippen LogP contribution in [-0.2, 0) is 11.8 Å². The number of nitrogens with zero attached hydrogens (tertiary/aromatic N) is 1. The minimum atomic E-state index is -0.625. The number of aryl methyl sites for hydroxylation is 1. The van der Waals surface area contributed by atoms with E-state index >= 15 is 0 Å². The first-order valence-electron chi connectivity index (χ1n) is 23.0. The van der Waals surface area contributed by atoms with E-state index < -0.39 is 5.41 Å². The molecule has 65 heavy (non-hydrogen) atoms. The highest BCUT2D eigenvalue weighted by molar-refractivity contribution is 6.03. The molecule has 1 spiro atoms. The molecule has 1 heterocycles. The van der Waals surface area contributed by atoms with Crippen molar-refractivity contribution in [3.63, 3.8) is 0 Å². The number of benzene rings is 9. The van der Waals surface area contributed by atoms with Gasteiger partial charge in [0.2, 0.25) is 0 Å². The van der Waals surface area contributed by atoms with Gasteiger partial charge in [0.05, 0.1) is 16.8 Å². The zero-order chi connectivity index (χ0) is 42.9. The van der Waals surface area contributed by atoms with Crippen molar-refractivity contribution in [1.29, 1.82) is 0 Å². The topological polar surface area (TPSA) is 12.5 Å². The molecule has 1 atom stereocenters. The molecule has 3 aliphatic carbocycles. The maximum Gasteiger partial charge on any atom is 0.140 e. The van der Waals surface area contributed by atoms with Crippen LogP contribution in [0.15, 0.2) is 218 Å². The minimum absolute atomic E-state index is 0.625. The van der Waals surface area contributed by atoms with Gasteiger partial charge in [-0.2, -0.15) is 0 Å². The third-order valence-electron chi connectivity index (χ3n) is 14.2. The Morgan fingerprint density at radius 1 is 0.446 bits per heavy atom. The molecule has 9 aromatic rings. The summed E-state index contributed by atoms with van der Waals surface area (Å²) in [6, 6.07) is 72.0. The molecule has 9 aromatic carbocycles. The predicted molar refractivity (Wildman–Crippen MR) is 271 cm³/mol. The number of fused-ring (bicyclic) bond motifs is 13. The maximum atomic E-state index is 7.30. The van der Waals surface area contributed by atoms with Gasteiger partial charge < -0.3 is 9.64 Å². The Morgan fingerprint density at radius 2 is 1.17 bits per heavy atom. The number of hydrogen-bond donors (Lipinski definition) is 0. The fourth-order valence-electron chi connectivity index (χ4n) is 11.4. The summed E-state index contributed by atoms with van der Waals surface area (Å²) in [5.41, 5.74) is 20.0. The Labute approximate surface area is 380 Å². The highest BCUT2D eigenvalue weighted by atomic mass is 16.5. The van der Waals surface area contributed by atoms with Gasteiger partial charge in [-0.05, 0) is 105 Å². The highest BCUT2D eigenvalue weighted by Gasteiger charge is 2.52. The van der Waals surface area contributed by atoms with Crippen LogP contribution in [0.5, 0.6) is 11.5 Å². The van der Waals surface area contributed by atoms with Gasteiger partial charge in [-0.1, -0.05) is 200 Å². The van der Waals surface area contributed by atoms with Gasteiger partial charge in [0, 0.05) is 38.9 Å². The minimum Gasteiger partial charge on any atom is -0.455 e. The Balaban J connectivity index is 1.10. The lowest BCUT2D eigenvalue weighted by Crippen LogP contribution is -2.32. The number of hydrogen-bond acceptors (Lipinski definition) is 2. The molecular weight excluding hydrogens is 787 g/mol. The van der Waals surface area contributed by atoms with E-state index in [1.165, 1.54) is 83.3 Å². The Morgan fingerprint density at radius 3 is 2.05 bits per heavy atom. The average Bonchev–Trinajstić information content (AvgIpc) is 3.68. The average molecular weight is 832 g/mol. The summed E-state index contributed by atoms with van der Waals surface area (Å²) >= 11 is 0. The number of para-hydroxylation sites is 2. The van der Waals surface area contributed by atoms with E-state index in [0.29, 0.717) is 0 Å². The largest absolute Gasteiger partial charge is 0.455 e. The lowest BCUT2D eigenvalue weighted by Gasteiger charge is -2.41. The van der Waals surface area contributed by atoms with E-state index in [1.807, 2.05) is 0 Å². The van der Waals surface area contributed by atoms with Gasteiger partial charge in [0.25, 0.3) is 0 Å². The second-order valence-corrected chi connectivity index (χ2v) is 17.7. The van der Waals surface area contributed by atoms with Gasteiger partial charge >= 0.3 is 0 Å². The lowest BCUT2D eigenvalue weighted by atomic mass is 9.65. The molecule has 4 aliphatic rings. The quantitative estimate of drug-likeness (QED) is 0.165. The second kappa shape index (κ2) is 15.1. The van der Waals surface area contributed by atoms with Crippen LogP contribution in [0.1, 0.15) is 58.2 Å². The fraction of sp³-hybridized carbons (Fsp3) is 0.0794. The van der Waals surface area contributed by atoms with Crippen LogP contribution in [0.2, 0.25) is 0 Å². The lowest BCUT2D eigenvalue weighted by molar-refractivity contribution is 0.439. The Kier molecular flexibility index (Phi) is 8.74. The molecule has 0 radical (unpaired) electrons. The van der Waals surface area contributed by atoms with Crippen LogP contribution < -0.4 is 9.64 Å². The van der Waals surface area contributed by atoms with Crippen molar-refractivity contribution < 1.29 is 4.74 Å². The molecule has 0 fully saturated rings. The van der Waals surface area contributed by atoms with Gasteiger partial charge in [0.15, 0.2) is 0 Å². The summed E-state index contributed by atoms with van der Waals surface area (Å²) in [6.07, 6.45) is 15.8. The Bertz CT molecular complexity index is 3470. The third-order valence-corrected chi connectivity index (χ3v) is 14.2. The van der Waals surface area contributed by atoms with Crippen LogP contribution in [0.4, 0.5) is 17.1 Å². The summed E-state index contributed by atoms with van der Waals surface area (Å²) < 4.78 is 7.30. The summed E-state index contributed by atoms with van der Waals surface area (Å²) in [5.74, 6) is 1.92. The van der Waals surface area contributed by atoms with E-state index in [9.17, 15) is 0 Å². The number of rotatable bonds is 6. The summed E-state index contributed by atoms with van der Waals surface area (Å²) in [6.45, 7) is 0. The molecule has 13 rings (SSSR count). The normalized spacial score (nSPS) is 16.2. The number of allylic oxidation sites excluding steroid dienone is 5. The molecule has 1 unspecified atom stereocenters. The zero-order valence-electron chi connectivity index (χ0n) is 36.0. The molecule has 0 aromatic heterocycles. The van der Waals surface area contributed by atoms with Gasteiger partial charge in [0.1, 0.15) is 11.5 Å². The molecule has 0 bridgehead atoms. The first-order chi connectivity index (χ1) is 32.3. The van der Waals surface area contributed by atoms with Crippen molar-refractivity contribution in [3.8, 4) is 44.9 Å². The van der Waals surface area contributed by atoms with E-state index in [4.69, 9.17) is 4.74 Å².